The molecule has 2 N–H and O–H groups in total. The Bertz CT molecular complexity index is 1470. The van der Waals surface area contributed by atoms with E-state index in [-0.39, 0.29) is 74.6 Å². The predicted molar refractivity (Wildman–Crippen MR) is 146 cm³/mol. The maximum absolute atomic E-state index is 14.0. The molecular weight excluding hydrogens is 568 g/mol. The molecule has 0 radical (unpaired) electrons. The van der Waals surface area contributed by atoms with E-state index < -0.39 is 23.8 Å². The van der Waals surface area contributed by atoms with Gasteiger partial charge in [0.2, 0.25) is 23.5 Å². The van der Waals surface area contributed by atoms with Gasteiger partial charge in [0.05, 0.1) is 29.2 Å². The van der Waals surface area contributed by atoms with Crippen molar-refractivity contribution in [2.24, 2.45) is 17.8 Å². The number of fused-ring (bicyclic) bond motifs is 1. The van der Waals surface area contributed by atoms with Crippen LogP contribution in [-0.2, 0) is 11.2 Å². The van der Waals surface area contributed by atoms with E-state index in [4.69, 9.17) is 14.5 Å². The first-order chi connectivity index (χ1) is 20.5. The fourth-order valence-corrected chi connectivity index (χ4v) is 6.42. The highest BCUT2D eigenvalue weighted by atomic mass is 19.3. The first kappa shape index (κ1) is 29.6. The highest BCUT2D eigenvalue weighted by molar-refractivity contribution is 5.95. The zero-order valence-corrected chi connectivity index (χ0v) is 24.0. The van der Waals surface area contributed by atoms with Crippen molar-refractivity contribution < 1.29 is 31.7 Å². The van der Waals surface area contributed by atoms with Gasteiger partial charge in [-0.05, 0) is 55.9 Å². The quantitative estimate of drug-likeness (QED) is 0.261. The van der Waals surface area contributed by atoms with Crippen LogP contribution < -0.4 is 10.6 Å². The summed E-state index contributed by atoms with van der Waals surface area (Å²) in [5.74, 6) is -6.10. The number of aryl methyl sites for hydroxylation is 1. The lowest BCUT2D eigenvalue weighted by Crippen LogP contribution is -2.39. The van der Waals surface area contributed by atoms with Gasteiger partial charge in [-0.1, -0.05) is 18.5 Å². The Morgan fingerprint density at radius 2 is 1.67 bits per heavy atom. The number of amides is 2. The molecule has 3 aromatic rings. The van der Waals surface area contributed by atoms with Gasteiger partial charge >= 0.3 is 0 Å². The van der Waals surface area contributed by atoms with Crippen LogP contribution in [0.1, 0.15) is 111 Å². The van der Waals surface area contributed by atoms with E-state index in [1.807, 2.05) is 6.92 Å². The molecule has 3 fully saturated rings. The Labute approximate surface area is 246 Å². The molecule has 43 heavy (non-hydrogen) atoms. The third-order valence-corrected chi connectivity index (χ3v) is 8.96. The first-order valence-electron chi connectivity index (χ1n) is 15.1. The number of carbonyl (C=O) groups is 2. The van der Waals surface area contributed by atoms with Gasteiger partial charge in [0.1, 0.15) is 11.8 Å². The van der Waals surface area contributed by atoms with Crippen molar-refractivity contribution >= 4 is 17.6 Å². The average Bonchev–Trinajstić information content (AvgIpc) is 3.52. The third kappa shape index (κ3) is 6.70. The highest BCUT2D eigenvalue weighted by Gasteiger charge is 2.46. The number of alkyl halides is 4. The summed E-state index contributed by atoms with van der Waals surface area (Å²) in [6.07, 6.45) is 7.43. The lowest BCUT2D eigenvalue weighted by atomic mass is 9.79. The Hall–Kier alpha value is -3.51. The van der Waals surface area contributed by atoms with E-state index in [1.165, 1.54) is 6.26 Å². The molecule has 232 valence electrons. The number of aromatic nitrogens is 4. The normalized spacial score (nSPS) is 21.7. The van der Waals surface area contributed by atoms with E-state index in [2.05, 4.69) is 15.8 Å². The van der Waals surface area contributed by atoms with Gasteiger partial charge in [-0.3, -0.25) is 14.0 Å². The van der Waals surface area contributed by atoms with Gasteiger partial charge in [0.25, 0.3) is 5.91 Å². The molecule has 0 unspecified atom stereocenters. The highest BCUT2D eigenvalue weighted by Crippen LogP contribution is 2.45. The molecule has 0 aliphatic heterocycles. The molecule has 6 rings (SSSR count). The molecule has 3 aromatic heterocycles. The summed E-state index contributed by atoms with van der Waals surface area (Å²) < 4.78 is 61.3. The SMILES string of the molecule is CCCc1nocc1C(=O)N[C@H](c1cn2ccc([C@H](NC(=O)CC3CC(F)(F)C3)C3CC3)nc2n1)C1CCC(F)(F)CC1. The summed E-state index contributed by atoms with van der Waals surface area (Å²) in [6, 6.07) is 0.792. The summed E-state index contributed by atoms with van der Waals surface area (Å²) in [6.45, 7) is 1.97. The van der Waals surface area contributed by atoms with Crippen LogP contribution in [0.4, 0.5) is 17.6 Å². The molecule has 0 bridgehead atoms. The molecule has 13 heteroatoms. The number of halogens is 4. The molecule has 3 heterocycles. The molecular formula is C30H36F4N6O3. The maximum Gasteiger partial charge on any atom is 0.257 e. The largest absolute Gasteiger partial charge is 0.364 e. The number of nitrogens with one attached hydrogen (secondary N) is 2. The van der Waals surface area contributed by atoms with Crippen molar-refractivity contribution in [3.05, 3.63) is 47.4 Å². The smallest absolute Gasteiger partial charge is 0.257 e. The fraction of sp³-hybridized carbons (Fsp3) is 0.633. The first-order valence-corrected chi connectivity index (χ1v) is 15.1. The molecule has 0 aromatic carbocycles. The standard InChI is InChI=1S/C30H36F4N6O3/c1-2-3-21-20(16-43-39-21)27(42)38-26(19-6-9-29(31,32)10-7-19)23-15-40-11-8-22(35-28(40)36-23)25(18-4-5-18)37-24(41)12-17-13-30(33,34)14-17/h8,11,15-19,25-26H,2-7,9-10,12-14H2,1H3,(H,37,41)(H,38,42)/t25-,26+/m1/s1. The van der Waals surface area contributed by atoms with Gasteiger partial charge in [-0.2, -0.15) is 0 Å². The fourth-order valence-electron chi connectivity index (χ4n) is 6.42. The van der Waals surface area contributed by atoms with Crippen molar-refractivity contribution in [2.75, 3.05) is 0 Å². The van der Waals surface area contributed by atoms with Crippen LogP contribution in [0.3, 0.4) is 0 Å². The Morgan fingerprint density at radius 1 is 1.00 bits per heavy atom. The zero-order chi connectivity index (χ0) is 30.4. The van der Waals surface area contributed by atoms with Crippen molar-refractivity contribution in [1.29, 1.82) is 0 Å². The summed E-state index contributed by atoms with van der Waals surface area (Å²) in [5, 5.41) is 9.97. The molecule has 0 spiro atoms. The second-order valence-corrected chi connectivity index (χ2v) is 12.5. The maximum atomic E-state index is 14.0. The summed E-state index contributed by atoms with van der Waals surface area (Å²) in [7, 11) is 0. The van der Waals surface area contributed by atoms with Crippen LogP contribution in [0.5, 0.6) is 0 Å². The van der Waals surface area contributed by atoms with Crippen LogP contribution in [-0.4, -0.2) is 43.2 Å². The average molecular weight is 605 g/mol. The van der Waals surface area contributed by atoms with Gasteiger partial charge in [-0.15, -0.1) is 0 Å². The molecule has 2 amide bonds. The van der Waals surface area contributed by atoms with Crippen LogP contribution in [0.15, 0.2) is 29.2 Å². The number of imidazole rings is 1. The van der Waals surface area contributed by atoms with Crippen LogP contribution in [0.2, 0.25) is 0 Å². The van der Waals surface area contributed by atoms with E-state index in [1.54, 1.807) is 22.9 Å². The Morgan fingerprint density at radius 3 is 2.35 bits per heavy atom. The van der Waals surface area contributed by atoms with Crippen molar-refractivity contribution in [2.45, 2.75) is 101 Å². The van der Waals surface area contributed by atoms with Gasteiger partial charge in [0.15, 0.2) is 0 Å². The molecule has 9 nitrogen and oxygen atoms in total. The number of nitrogens with zero attached hydrogens (tertiary/aromatic N) is 4. The predicted octanol–water partition coefficient (Wildman–Crippen LogP) is 5.97. The molecule has 2 atom stereocenters. The minimum Gasteiger partial charge on any atom is -0.364 e. The second-order valence-electron chi connectivity index (χ2n) is 12.5. The number of hydrogen-bond donors (Lipinski definition) is 2. The van der Waals surface area contributed by atoms with Gasteiger partial charge in [-0.25, -0.2) is 27.5 Å². The lowest BCUT2D eigenvalue weighted by molar-refractivity contribution is -0.134. The molecule has 3 aliphatic carbocycles. The molecule has 3 saturated carbocycles. The number of carbonyl (C=O) groups excluding carboxylic acids is 2. The number of hydrogen-bond acceptors (Lipinski definition) is 6. The monoisotopic (exact) mass is 604 g/mol. The van der Waals surface area contributed by atoms with E-state index in [9.17, 15) is 27.2 Å². The topological polar surface area (TPSA) is 114 Å². The van der Waals surface area contributed by atoms with Gasteiger partial charge < -0.3 is 15.2 Å². The van der Waals surface area contributed by atoms with Crippen molar-refractivity contribution in [3.8, 4) is 0 Å². The Balaban J connectivity index is 1.23. The minimum absolute atomic E-state index is 0.0581. The Kier molecular flexibility index (Phi) is 7.93. The second kappa shape index (κ2) is 11.5. The van der Waals surface area contributed by atoms with Crippen molar-refractivity contribution in [1.82, 2.24) is 30.2 Å². The van der Waals surface area contributed by atoms with E-state index in [0.29, 0.717) is 34.8 Å². The van der Waals surface area contributed by atoms with Crippen molar-refractivity contribution in [3.63, 3.8) is 0 Å². The van der Waals surface area contributed by atoms with Crippen LogP contribution in [0.25, 0.3) is 5.78 Å². The number of rotatable bonds is 11. The summed E-state index contributed by atoms with van der Waals surface area (Å²) >= 11 is 0. The molecule has 0 saturated heterocycles. The minimum atomic E-state index is -2.73. The summed E-state index contributed by atoms with van der Waals surface area (Å²) in [5.41, 5.74) is 1.96. The van der Waals surface area contributed by atoms with E-state index >= 15 is 0 Å². The van der Waals surface area contributed by atoms with Gasteiger partial charge in [0, 0.05) is 44.5 Å². The summed E-state index contributed by atoms with van der Waals surface area (Å²) in [4.78, 5) is 35.5. The lowest BCUT2D eigenvalue weighted by Gasteiger charge is -2.34. The molecule has 3 aliphatic rings. The zero-order valence-electron chi connectivity index (χ0n) is 24.0. The third-order valence-electron chi connectivity index (χ3n) is 8.96. The van der Waals surface area contributed by atoms with Crippen LogP contribution in [0, 0.1) is 17.8 Å². The van der Waals surface area contributed by atoms with E-state index in [0.717, 1.165) is 19.3 Å². The van der Waals surface area contributed by atoms with Crippen LogP contribution >= 0.6 is 0 Å².